The average Bonchev–Trinajstić information content (AvgIpc) is 2.93. The molecule has 1 unspecified atom stereocenters. The molecule has 1 atom stereocenters. The van der Waals surface area contributed by atoms with Gasteiger partial charge in [0.2, 0.25) is 0 Å². The predicted octanol–water partition coefficient (Wildman–Crippen LogP) is 1.48. The van der Waals surface area contributed by atoms with Crippen LogP contribution in [0.15, 0.2) is 12.3 Å². The molecule has 1 aromatic heterocycles. The predicted molar refractivity (Wildman–Crippen MR) is 84.2 cm³/mol. The number of rotatable bonds is 5. The van der Waals surface area contributed by atoms with Crippen molar-refractivity contribution in [2.24, 2.45) is 11.8 Å². The van der Waals surface area contributed by atoms with Gasteiger partial charge in [-0.15, -0.1) is 0 Å². The molecule has 1 saturated heterocycles. The molecule has 1 aliphatic rings. The Balaban J connectivity index is 1.86. The Morgan fingerprint density at radius 3 is 2.95 bits per heavy atom. The van der Waals surface area contributed by atoms with E-state index < -0.39 is 0 Å². The molecule has 4 N–H and O–H groups in total. The van der Waals surface area contributed by atoms with Crippen LogP contribution in [-0.2, 0) is 0 Å². The van der Waals surface area contributed by atoms with Crippen LogP contribution in [0.25, 0.3) is 0 Å². The van der Waals surface area contributed by atoms with Crippen molar-refractivity contribution in [1.82, 2.24) is 15.2 Å². The van der Waals surface area contributed by atoms with Crippen LogP contribution in [0.5, 0.6) is 0 Å². The number of nitrogens with two attached hydrogens (primary N) is 1. The van der Waals surface area contributed by atoms with Crippen LogP contribution in [0, 0.1) is 5.92 Å². The molecular weight excluding hydrogens is 290 g/mol. The fraction of sp³-hybridized carbons (Fsp3) is 0.571. The van der Waals surface area contributed by atoms with Crippen molar-refractivity contribution in [2.45, 2.75) is 26.3 Å². The standard InChI is InChI=1S/C14H22ClN5O/c1-9(2)20-4-3-10(8-20)6-18-14(21)11-5-12(15)13(19-16)17-7-11/h5,7,9-10H,3-4,6,8,16H2,1-2H3,(H,17,19)(H,18,21). The van der Waals surface area contributed by atoms with E-state index in [-0.39, 0.29) is 5.91 Å². The molecule has 116 valence electrons. The van der Waals surface area contributed by atoms with E-state index in [1.165, 1.54) is 6.20 Å². The van der Waals surface area contributed by atoms with Gasteiger partial charge in [0.1, 0.15) is 0 Å². The van der Waals surface area contributed by atoms with Crippen LogP contribution in [0.1, 0.15) is 30.6 Å². The van der Waals surface area contributed by atoms with Crippen molar-refractivity contribution in [3.8, 4) is 0 Å². The molecule has 2 rings (SSSR count). The topological polar surface area (TPSA) is 83.3 Å². The highest BCUT2D eigenvalue weighted by Crippen LogP contribution is 2.20. The van der Waals surface area contributed by atoms with Crippen molar-refractivity contribution in [3.05, 3.63) is 22.8 Å². The van der Waals surface area contributed by atoms with Crippen LogP contribution in [0.3, 0.4) is 0 Å². The zero-order valence-electron chi connectivity index (χ0n) is 12.4. The number of anilines is 1. The van der Waals surface area contributed by atoms with Crippen molar-refractivity contribution in [2.75, 3.05) is 25.1 Å². The number of hydrogen-bond donors (Lipinski definition) is 3. The van der Waals surface area contributed by atoms with Gasteiger partial charge in [-0.3, -0.25) is 4.79 Å². The van der Waals surface area contributed by atoms with Crippen LogP contribution in [-0.4, -0.2) is 41.5 Å². The van der Waals surface area contributed by atoms with E-state index in [1.54, 1.807) is 6.07 Å². The summed E-state index contributed by atoms with van der Waals surface area (Å²) in [6.45, 7) is 7.20. The minimum absolute atomic E-state index is 0.157. The van der Waals surface area contributed by atoms with Crippen LogP contribution in [0.2, 0.25) is 5.02 Å². The molecule has 6 nitrogen and oxygen atoms in total. The van der Waals surface area contributed by atoms with E-state index in [2.05, 4.69) is 34.5 Å². The Bertz CT molecular complexity index is 508. The van der Waals surface area contributed by atoms with Crippen molar-refractivity contribution < 1.29 is 4.79 Å². The molecule has 0 bridgehead atoms. The number of carbonyl (C=O) groups excluding carboxylic acids is 1. The van der Waals surface area contributed by atoms with E-state index in [1.807, 2.05) is 0 Å². The van der Waals surface area contributed by atoms with Crippen LogP contribution >= 0.6 is 11.6 Å². The van der Waals surface area contributed by atoms with Gasteiger partial charge in [0, 0.05) is 25.3 Å². The Kier molecular flexibility index (Phi) is 5.39. The monoisotopic (exact) mass is 311 g/mol. The molecule has 0 spiro atoms. The molecule has 0 saturated carbocycles. The minimum atomic E-state index is -0.157. The summed E-state index contributed by atoms with van der Waals surface area (Å²) in [7, 11) is 0. The lowest BCUT2D eigenvalue weighted by atomic mass is 10.1. The van der Waals surface area contributed by atoms with Gasteiger partial charge in [-0.1, -0.05) is 11.6 Å². The van der Waals surface area contributed by atoms with Crippen LogP contribution < -0.4 is 16.6 Å². The zero-order valence-corrected chi connectivity index (χ0v) is 13.2. The number of aromatic nitrogens is 1. The molecule has 7 heteroatoms. The number of hydrogen-bond acceptors (Lipinski definition) is 5. The molecule has 1 amide bonds. The summed E-state index contributed by atoms with van der Waals surface area (Å²) in [5.41, 5.74) is 2.82. The Morgan fingerprint density at radius 2 is 2.38 bits per heavy atom. The molecular formula is C14H22ClN5O. The zero-order chi connectivity index (χ0) is 15.4. The van der Waals surface area contributed by atoms with Gasteiger partial charge in [0.15, 0.2) is 5.82 Å². The number of amides is 1. The average molecular weight is 312 g/mol. The highest BCUT2D eigenvalue weighted by Gasteiger charge is 2.24. The molecule has 1 aromatic rings. The second kappa shape index (κ2) is 7.06. The largest absolute Gasteiger partial charge is 0.352 e. The Morgan fingerprint density at radius 1 is 1.62 bits per heavy atom. The van der Waals surface area contributed by atoms with E-state index in [0.717, 1.165) is 19.5 Å². The summed E-state index contributed by atoms with van der Waals surface area (Å²) in [6, 6.07) is 2.12. The van der Waals surface area contributed by atoms with Gasteiger partial charge in [-0.2, -0.15) is 0 Å². The first-order valence-electron chi connectivity index (χ1n) is 7.15. The first-order valence-corrected chi connectivity index (χ1v) is 7.53. The maximum absolute atomic E-state index is 12.1. The van der Waals surface area contributed by atoms with E-state index >= 15 is 0 Å². The van der Waals surface area contributed by atoms with Crippen molar-refractivity contribution >= 4 is 23.3 Å². The smallest absolute Gasteiger partial charge is 0.252 e. The summed E-state index contributed by atoms with van der Waals surface area (Å²) < 4.78 is 0. The molecule has 2 heterocycles. The van der Waals surface area contributed by atoms with Crippen molar-refractivity contribution in [3.63, 3.8) is 0 Å². The van der Waals surface area contributed by atoms with Gasteiger partial charge >= 0.3 is 0 Å². The lowest BCUT2D eigenvalue weighted by molar-refractivity contribution is 0.0947. The third-order valence-corrected chi connectivity index (χ3v) is 4.13. The quantitative estimate of drug-likeness (QED) is 0.567. The number of hydrazine groups is 1. The van der Waals surface area contributed by atoms with E-state index in [0.29, 0.717) is 34.9 Å². The number of likely N-dealkylation sites (tertiary alicyclic amines) is 1. The second-order valence-corrected chi connectivity index (χ2v) is 6.06. The number of halogens is 1. The summed E-state index contributed by atoms with van der Waals surface area (Å²) >= 11 is 5.96. The third kappa shape index (κ3) is 4.06. The van der Waals surface area contributed by atoms with Crippen LogP contribution in [0.4, 0.5) is 5.82 Å². The number of nitrogens with one attached hydrogen (secondary N) is 2. The summed E-state index contributed by atoms with van der Waals surface area (Å²) in [5.74, 6) is 5.96. The second-order valence-electron chi connectivity index (χ2n) is 5.65. The lowest BCUT2D eigenvalue weighted by Crippen LogP contribution is -2.33. The SMILES string of the molecule is CC(C)N1CCC(CNC(=O)c2cnc(NN)c(Cl)c2)C1. The number of nitrogen functional groups attached to an aromatic ring is 1. The highest BCUT2D eigenvalue weighted by molar-refractivity contribution is 6.33. The summed E-state index contributed by atoms with van der Waals surface area (Å²) in [6.07, 6.45) is 2.58. The fourth-order valence-corrected chi connectivity index (χ4v) is 2.73. The lowest BCUT2D eigenvalue weighted by Gasteiger charge is -2.20. The number of nitrogens with zero attached hydrogens (tertiary/aromatic N) is 2. The van der Waals surface area contributed by atoms with Gasteiger partial charge in [0.05, 0.1) is 10.6 Å². The fourth-order valence-electron chi connectivity index (χ4n) is 2.51. The number of carbonyl (C=O) groups is 1. The Labute approximate surface area is 130 Å². The maximum Gasteiger partial charge on any atom is 0.252 e. The van der Waals surface area contributed by atoms with E-state index in [9.17, 15) is 4.79 Å². The van der Waals surface area contributed by atoms with Gasteiger partial charge in [0.25, 0.3) is 5.91 Å². The molecule has 21 heavy (non-hydrogen) atoms. The van der Waals surface area contributed by atoms with Crippen molar-refractivity contribution in [1.29, 1.82) is 0 Å². The maximum atomic E-state index is 12.1. The molecule has 1 aliphatic heterocycles. The summed E-state index contributed by atoms with van der Waals surface area (Å²) in [5, 5.41) is 3.28. The van der Waals surface area contributed by atoms with E-state index in [4.69, 9.17) is 17.4 Å². The van der Waals surface area contributed by atoms with Gasteiger partial charge in [-0.25, -0.2) is 10.8 Å². The van der Waals surface area contributed by atoms with Gasteiger partial charge < -0.3 is 15.6 Å². The minimum Gasteiger partial charge on any atom is -0.352 e. The molecule has 1 fully saturated rings. The molecule has 0 aromatic carbocycles. The molecule has 0 radical (unpaired) electrons. The summed E-state index contributed by atoms with van der Waals surface area (Å²) in [4.78, 5) is 18.5. The number of pyridine rings is 1. The van der Waals surface area contributed by atoms with Gasteiger partial charge in [-0.05, 0) is 38.8 Å². The third-order valence-electron chi connectivity index (χ3n) is 3.84. The highest BCUT2D eigenvalue weighted by atomic mass is 35.5. The first-order chi connectivity index (χ1) is 10.0. The molecule has 0 aliphatic carbocycles. The first kappa shape index (κ1) is 16.0. The Hall–Kier alpha value is -1.37. The normalized spacial score (nSPS) is 19.0.